The SMILES string of the molecule is CC(C)NCCCN(C)S(=O)(=O)N1CC(C)N(C)C(C)C1. The summed E-state index contributed by atoms with van der Waals surface area (Å²) in [4.78, 5) is 2.23. The summed E-state index contributed by atoms with van der Waals surface area (Å²) in [5.74, 6) is 0. The predicted octanol–water partition coefficient (Wildman–Crippen LogP) is 0.576. The van der Waals surface area contributed by atoms with Gasteiger partial charge in [-0.1, -0.05) is 13.8 Å². The van der Waals surface area contributed by atoms with E-state index < -0.39 is 10.2 Å². The van der Waals surface area contributed by atoms with Crippen molar-refractivity contribution in [3.63, 3.8) is 0 Å². The van der Waals surface area contributed by atoms with Crippen molar-refractivity contribution in [2.75, 3.05) is 40.3 Å². The molecule has 1 aliphatic heterocycles. The Morgan fingerprint density at radius 3 is 2.24 bits per heavy atom. The molecule has 0 aromatic heterocycles. The van der Waals surface area contributed by atoms with Crippen LogP contribution in [0.15, 0.2) is 0 Å². The molecule has 1 saturated heterocycles. The smallest absolute Gasteiger partial charge is 0.281 e. The Morgan fingerprint density at radius 2 is 1.76 bits per heavy atom. The fraction of sp³-hybridized carbons (Fsp3) is 1.00. The van der Waals surface area contributed by atoms with E-state index in [0.29, 0.717) is 25.7 Å². The second-order valence-electron chi connectivity index (χ2n) is 6.47. The van der Waals surface area contributed by atoms with Gasteiger partial charge >= 0.3 is 0 Å². The topological polar surface area (TPSA) is 55.9 Å². The van der Waals surface area contributed by atoms with E-state index in [2.05, 4.69) is 45.0 Å². The molecule has 0 aliphatic carbocycles. The van der Waals surface area contributed by atoms with E-state index in [1.165, 1.54) is 4.31 Å². The largest absolute Gasteiger partial charge is 0.314 e. The molecule has 126 valence electrons. The Bertz CT molecular complexity index is 401. The average Bonchev–Trinajstić information content (AvgIpc) is 2.39. The summed E-state index contributed by atoms with van der Waals surface area (Å²) in [6.07, 6.45) is 0.826. The molecule has 0 aromatic rings. The third kappa shape index (κ3) is 5.17. The first-order valence-electron chi connectivity index (χ1n) is 7.83. The summed E-state index contributed by atoms with van der Waals surface area (Å²) in [6.45, 7) is 10.9. The highest BCUT2D eigenvalue weighted by Gasteiger charge is 2.35. The summed E-state index contributed by atoms with van der Waals surface area (Å²) in [7, 11) is 0.395. The fourth-order valence-corrected chi connectivity index (χ4v) is 4.11. The van der Waals surface area contributed by atoms with Gasteiger partial charge in [0.15, 0.2) is 0 Å². The van der Waals surface area contributed by atoms with E-state index in [9.17, 15) is 8.42 Å². The van der Waals surface area contributed by atoms with Crippen LogP contribution in [0.2, 0.25) is 0 Å². The van der Waals surface area contributed by atoms with Gasteiger partial charge in [0.05, 0.1) is 0 Å². The van der Waals surface area contributed by atoms with Crippen LogP contribution < -0.4 is 5.32 Å². The van der Waals surface area contributed by atoms with Crippen LogP contribution in [0.4, 0.5) is 0 Å². The highest BCUT2D eigenvalue weighted by Crippen LogP contribution is 2.18. The van der Waals surface area contributed by atoms with Crippen molar-refractivity contribution in [1.29, 1.82) is 0 Å². The minimum Gasteiger partial charge on any atom is -0.314 e. The number of likely N-dealkylation sites (N-methyl/N-ethyl adjacent to an activating group) is 1. The van der Waals surface area contributed by atoms with Gasteiger partial charge in [0.2, 0.25) is 0 Å². The molecular weight excluding hydrogens is 288 g/mol. The van der Waals surface area contributed by atoms with Crippen molar-refractivity contribution in [2.24, 2.45) is 0 Å². The Balaban J connectivity index is 2.55. The Kier molecular flexibility index (Phi) is 7.06. The standard InChI is InChI=1S/C14H32N4O2S/c1-12(2)15-8-7-9-16(5)21(19,20)18-10-13(3)17(6)14(4)11-18/h12-15H,7-11H2,1-6H3. The van der Waals surface area contributed by atoms with Gasteiger partial charge in [0.1, 0.15) is 0 Å². The first-order chi connectivity index (χ1) is 9.66. The van der Waals surface area contributed by atoms with E-state index in [4.69, 9.17) is 0 Å². The monoisotopic (exact) mass is 320 g/mol. The summed E-state index contributed by atoms with van der Waals surface area (Å²) in [5.41, 5.74) is 0. The van der Waals surface area contributed by atoms with Gasteiger partial charge in [-0.15, -0.1) is 0 Å². The first kappa shape index (κ1) is 18.8. The van der Waals surface area contributed by atoms with Crippen LogP contribution in [0.25, 0.3) is 0 Å². The van der Waals surface area contributed by atoms with E-state index in [1.54, 1.807) is 11.4 Å². The summed E-state index contributed by atoms with van der Waals surface area (Å²) in [6, 6.07) is 0.935. The molecule has 0 amide bonds. The first-order valence-corrected chi connectivity index (χ1v) is 9.22. The maximum absolute atomic E-state index is 12.6. The van der Waals surface area contributed by atoms with Gasteiger partial charge < -0.3 is 5.32 Å². The number of hydrogen-bond donors (Lipinski definition) is 1. The van der Waals surface area contributed by atoms with E-state index in [1.807, 2.05) is 0 Å². The summed E-state index contributed by atoms with van der Waals surface area (Å²) >= 11 is 0. The quantitative estimate of drug-likeness (QED) is 0.697. The highest BCUT2D eigenvalue weighted by atomic mass is 32.2. The molecule has 21 heavy (non-hydrogen) atoms. The van der Waals surface area contributed by atoms with Crippen LogP contribution in [-0.2, 0) is 10.2 Å². The van der Waals surface area contributed by atoms with Gasteiger partial charge in [0.25, 0.3) is 10.2 Å². The van der Waals surface area contributed by atoms with Crippen LogP contribution in [0, 0.1) is 0 Å². The number of nitrogens with one attached hydrogen (secondary N) is 1. The fourth-order valence-electron chi connectivity index (χ4n) is 2.55. The van der Waals surface area contributed by atoms with Gasteiger partial charge in [-0.2, -0.15) is 17.0 Å². The van der Waals surface area contributed by atoms with Crippen molar-refractivity contribution in [1.82, 2.24) is 18.8 Å². The van der Waals surface area contributed by atoms with Crippen molar-refractivity contribution in [2.45, 2.75) is 52.2 Å². The van der Waals surface area contributed by atoms with Gasteiger partial charge in [-0.25, -0.2) is 0 Å². The van der Waals surface area contributed by atoms with Gasteiger partial charge in [-0.05, 0) is 33.9 Å². The molecule has 1 rings (SSSR count). The third-order valence-electron chi connectivity index (χ3n) is 4.25. The van der Waals surface area contributed by atoms with Crippen LogP contribution in [0.3, 0.4) is 0 Å². The lowest BCUT2D eigenvalue weighted by Gasteiger charge is -2.42. The Hall–Kier alpha value is -0.210. The summed E-state index contributed by atoms with van der Waals surface area (Å²) < 4.78 is 28.4. The molecule has 2 unspecified atom stereocenters. The molecule has 1 N–H and O–H groups in total. The average molecular weight is 321 g/mol. The number of rotatable bonds is 7. The van der Waals surface area contributed by atoms with Crippen LogP contribution in [0.1, 0.15) is 34.1 Å². The zero-order valence-electron chi connectivity index (χ0n) is 14.3. The molecule has 0 radical (unpaired) electrons. The van der Waals surface area contributed by atoms with Gasteiger partial charge in [-0.3, -0.25) is 4.90 Å². The van der Waals surface area contributed by atoms with E-state index in [0.717, 1.165) is 13.0 Å². The van der Waals surface area contributed by atoms with Crippen molar-refractivity contribution >= 4 is 10.2 Å². The number of piperazine rings is 1. The van der Waals surface area contributed by atoms with Gasteiger partial charge in [0, 0.05) is 44.8 Å². The maximum Gasteiger partial charge on any atom is 0.281 e. The highest BCUT2D eigenvalue weighted by molar-refractivity contribution is 7.86. The normalized spacial score (nSPS) is 25.9. The molecule has 1 heterocycles. The van der Waals surface area contributed by atoms with Crippen molar-refractivity contribution in [3.05, 3.63) is 0 Å². The third-order valence-corrected chi connectivity index (χ3v) is 6.17. The molecule has 1 aliphatic rings. The van der Waals surface area contributed by atoms with Crippen LogP contribution in [0.5, 0.6) is 0 Å². The lowest BCUT2D eigenvalue weighted by atomic mass is 10.1. The van der Waals surface area contributed by atoms with E-state index >= 15 is 0 Å². The minimum atomic E-state index is -3.34. The molecule has 1 fully saturated rings. The molecule has 0 bridgehead atoms. The lowest BCUT2D eigenvalue weighted by molar-refractivity contribution is 0.102. The molecule has 6 nitrogen and oxygen atoms in total. The second-order valence-corrected chi connectivity index (χ2v) is 8.51. The van der Waals surface area contributed by atoms with Crippen LogP contribution in [-0.4, -0.2) is 80.3 Å². The van der Waals surface area contributed by atoms with Crippen molar-refractivity contribution in [3.8, 4) is 0 Å². The molecule has 0 aromatic carbocycles. The maximum atomic E-state index is 12.6. The molecular formula is C14H32N4O2S. The molecule has 0 spiro atoms. The Morgan fingerprint density at radius 1 is 1.24 bits per heavy atom. The zero-order chi connectivity index (χ0) is 16.2. The van der Waals surface area contributed by atoms with Crippen molar-refractivity contribution < 1.29 is 8.42 Å². The number of nitrogens with zero attached hydrogens (tertiary/aromatic N) is 3. The molecule has 7 heteroatoms. The van der Waals surface area contributed by atoms with Crippen LogP contribution >= 0.6 is 0 Å². The summed E-state index contributed by atoms with van der Waals surface area (Å²) in [5, 5.41) is 3.31. The molecule has 0 saturated carbocycles. The number of hydrogen-bond acceptors (Lipinski definition) is 4. The Labute approximate surface area is 130 Å². The predicted molar refractivity (Wildman–Crippen MR) is 87.6 cm³/mol. The second kappa shape index (κ2) is 7.87. The zero-order valence-corrected chi connectivity index (χ0v) is 15.2. The minimum absolute atomic E-state index is 0.250. The lowest BCUT2D eigenvalue weighted by Crippen LogP contribution is -2.58. The van der Waals surface area contributed by atoms with E-state index in [-0.39, 0.29) is 12.1 Å². The molecule has 2 atom stereocenters.